The molecule has 0 bridgehead atoms. The van der Waals surface area contributed by atoms with Crippen LogP contribution in [-0.4, -0.2) is 20.1 Å². The number of benzene rings is 7. The molecule has 0 saturated heterocycles. The summed E-state index contributed by atoms with van der Waals surface area (Å²) in [6.45, 7) is 22.2. The first-order chi connectivity index (χ1) is 30.6. The molecule has 0 fully saturated rings. The molecule has 0 atom stereocenters. The molecular weight excluding hydrogens is 978 g/mol. The minimum atomic E-state index is -0.0892. The van der Waals surface area contributed by atoms with Gasteiger partial charge in [-0.2, -0.15) is 29.8 Å². The van der Waals surface area contributed by atoms with E-state index >= 15 is 0 Å². The fraction of sp³-hybridized carbons (Fsp3) is 0.237. The van der Waals surface area contributed by atoms with Crippen LogP contribution in [0.1, 0.15) is 103 Å². The van der Waals surface area contributed by atoms with Crippen LogP contribution in [0.3, 0.4) is 0 Å². The Kier molecular flexibility index (Phi) is 12.3. The van der Waals surface area contributed by atoms with Crippen LogP contribution in [0.15, 0.2) is 138 Å². The van der Waals surface area contributed by atoms with Crippen molar-refractivity contribution >= 4 is 22.0 Å². The largest absolute Gasteiger partial charge is 2.00 e. The zero-order valence-corrected chi connectivity index (χ0v) is 41.1. The molecule has 6 heteroatoms. The Bertz CT molecular complexity index is 3150. The van der Waals surface area contributed by atoms with Gasteiger partial charge in [0.1, 0.15) is 0 Å². The van der Waals surface area contributed by atoms with Gasteiger partial charge in [0.05, 0.1) is 11.1 Å². The molecular formula is C59H55N3O2Pt. The van der Waals surface area contributed by atoms with Crippen molar-refractivity contribution < 1.29 is 30.6 Å². The zero-order valence-electron chi connectivity index (χ0n) is 38.9. The minimum absolute atomic E-state index is 0. The summed E-state index contributed by atoms with van der Waals surface area (Å²) in [4.78, 5) is 15.7. The van der Waals surface area contributed by atoms with Gasteiger partial charge in [0.25, 0.3) is 0 Å². The first kappa shape index (κ1) is 45.4. The molecule has 0 saturated carbocycles. The molecule has 328 valence electrons. The topological polar surface area (TPSA) is 72.0 Å². The number of nitrogens with zero attached hydrogens (tertiary/aromatic N) is 3. The van der Waals surface area contributed by atoms with Gasteiger partial charge in [-0.3, -0.25) is 4.98 Å². The molecule has 9 aromatic rings. The van der Waals surface area contributed by atoms with E-state index in [1.165, 1.54) is 5.56 Å². The van der Waals surface area contributed by atoms with Crippen LogP contribution in [0, 0.1) is 12.1 Å². The summed E-state index contributed by atoms with van der Waals surface area (Å²) in [7, 11) is 0. The van der Waals surface area contributed by atoms with Gasteiger partial charge in [-0.05, 0) is 68.0 Å². The Morgan fingerprint density at radius 2 is 1.18 bits per heavy atom. The van der Waals surface area contributed by atoms with Crippen LogP contribution < -0.4 is 0 Å². The molecule has 5 nitrogen and oxygen atoms in total. The molecule has 9 rings (SSSR count). The van der Waals surface area contributed by atoms with Crippen molar-refractivity contribution in [3.8, 4) is 73.2 Å². The second-order valence-corrected chi connectivity index (χ2v) is 19.6. The fourth-order valence-corrected chi connectivity index (χ4v) is 8.65. The molecule has 0 aliphatic carbocycles. The Hall–Kier alpha value is -6.16. The number of fused-ring (bicyclic) bond motifs is 2. The number of aromatic hydroxyl groups is 1. The number of phenolic OH excluding ortho intramolecular Hbond substituents is 1. The second-order valence-electron chi connectivity index (χ2n) is 19.6. The maximum atomic E-state index is 12.6. The summed E-state index contributed by atoms with van der Waals surface area (Å²) in [5.41, 5.74) is 14.8. The number of rotatable bonds is 8. The van der Waals surface area contributed by atoms with Crippen LogP contribution in [0.4, 0.5) is 0 Å². The molecule has 0 radical (unpaired) electrons. The van der Waals surface area contributed by atoms with Crippen LogP contribution >= 0.6 is 0 Å². The van der Waals surface area contributed by atoms with E-state index in [0.717, 1.165) is 72.1 Å². The third-order valence-electron chi connectivity index (χ3n) is 12.3. The van der Waals surface area contributed by atoms with E-state index in [4.69, 9.17) is 19.4 Å². The number of hydrogen-bond donors (Lipinski definition) is 1. The Morgan fingerprint density at radius 1 is 0.554 bits per heavy atom. The summed E-state index contributed by atoms with van der Waals surface area (Å²) in [5, 5.41) is 13.5. The van der Waals surface area contributed by atoms with E-state index in [9.17, 15) is 5.11 Å². The molecule has 0 aliphatic rings. The van der Waals surface area contributed by atoms with Crippen molar-refractivity contribution in [3.05, 3.63) is 168 Å². The maximum Gasteiger partial charge on any atom is 2.00 e. The average Bonchev–Trinajstić information content (AvgIpc) is 3.74. The predicted octanol–water partition coefficient (Wildman–Crippen LogP) is 15.9. The van der Waals surface area contributed by atoms with E-state index in [1.807, 2.05) is 66.7 Å². The molecule has 0 aliphatic heterocycles. The van der Waals surface area contributed by atoms with Gasteiger partial charge in [-0.15, -0.1) is 34.9 Å². The molecule has 7 aromatic carbocycles. The Morgan fingerprint density at radius 3 is 1.86 bits per heavy atom. The second kappa shape index (κ2) is 17.7. The van der Waals surface area contributed by atoms with Gasteiger partial charge in [-0.25, -0.2) is 15.5 Å². The van der Waals surface area contributed by atoms with Gasteiger partial charge in [0, 0.05) is 16.8 Å². The monoisotopic (exact) mass is 1030 g/mol. The molecule has 2 heterocycles. The van der Waals surface area contributed by atoms with Crippen molar-refractivity contribution in [2.75, 3.05) is 0 Å². The number of oxazole rings is 1. The van der Waals surface area contributed by atoms with E-state index < -0.39 is 0 Å². The quantitative estimate of drug-likeness (QED) is 0.154. The summed E-state index contributed by atoms with van der Waals surface area (Å²) in [5.74, 6) is 1.24. The molecule has 1 N–H and O–H groups in total. The summed E-state index contributed by atoms with van der Waals surface area (Å²) >= 11 is 0. The van der Waals surface area contributed by atoms with E-state index in [-0.39, 0.29) is 49.5 Å². The van der Waals surface area contributed by atoms with Gasteiger partial charge in [0.2, 0.25) is 5.89 Å². The average molecular weight is 1030 g/mol. The van der Waals surface area contributed by atoms with E-state index in [2.05, 4.69) is 148 Å². The van der Waals surface area contributed by atoms with Gasteiger partial charge in [0.15, 0.2) is 22.7 Å². The fourth-order valence-electron chi connectivity index (χ4n) is 8.65. The standard InChI is InChI=1S/C59H55N3O2.Pt/c1-35(2)43-27-19-28-44(36(3)4)51(43)57-62-53-54(63)49(34-48(55(53)64-57)46-25-15-14-24-45(46)37-20-12-11-13-21-37)56-60-50-29-17-16-26-47(50)52(61-56)39-23-18-22-38(30-39)40-31-41(58(5,6)7)33-42(32-40)59(8,9)10;/h11-29,31,33-36,63H,1-10H3;/q-2;+2. The van der Waals surface area contributed by atoms with Crippen LogP contribution in [0.5, 0.6) is 5.75 Å². The maximum absolute atomic E-state index is 12.6. The van der Waals surface area contributed by atoms with Crippen LogP contribution in [0.2, 0.25) is 0 Å². The van der Waals surface area contributed by atoms with Crippen molar-refractivity contribution in [2.24, 2.45) is 0 Å². The minimum Gasteiger partial charge on any atom is -0.505 e. The van der Waals surface area contributed by atoms with E-state index in [0.29, 0.717) is 34.1 Å². The number of para-hydroxylation sites is 1. The van der Waals surface area contributed by atoms with Crippen molar-refractivity contribution in [1.29, 1.82) is 0 Å². The predicted molar refractivity (Wildman–Crippen MR) is 265 cm³/mol. The SMILES string of the molecule is CC(C)c1cccc(C(C)C)c1-c1nc2c(O)c(-c3nc(-c4[c-]c(-c5[c-]c(C(C)(C)C)cc(C(C)(C)C)c5)ccc4)c4ccccc4n3)cc(-c3ccccc3-c3ccccc3)c2o1.[Pt+2]. The number of phenols is 1. The van der Waals surface area contributed by atoms with Gasteiger partial charge < -0.3 is 9.52 Å². The molecule has 65 heavy (non-hydrogen) atoms. The molecule has 0 amide bonds. The molecule has 2 aromatic heterocycles. The molecule has 0 spiro atoms. The van der Waals surface area contributed by atoms with Gasteiger partial charge in [-0.1, -0.05) is 160 Å². The van der Waals surface area contributed by atoms with Gasteiger partial charge >= 0.3 is 21.1 Å². The first-order valence-electron chi connectivity index (χ1n) is 22.4. The summed E-state index contributed by atoms with van der Waals surface area (Å²) in [6, 6.07) is 53.3. The smallest absolute Gasteiger partial charge is 0.505 e. The first-order valence-corrected chi connectivity index (χ1v) is 22.4. The van der Waals surface area contributed by atoms with Crippen LogP contribution in [0.25, 0.3) is 89.5 Å². The third kappa shape index (κ3) is 8.72. The summed E-state index contributed by atoms with van der Waals surface area (Å²) < 4.78 is 6.94. The Balaban J connectivity index is 0.00000576. The summed E-state index contributed by atoms with van der Waals surface area (Å²) in [6.07, 6.45) is 0. The number of aromatic nitrogens is 3. The van der Waals surface area contributed by atoms with Crippen LogP contribution in [-0.2, 0) is 31.9 Å². The Labute approximate surface area is 398 Å². The number of hydrogen-bond acceptors (Lipinski definition) is 5. The normalized spacial score (nSPS) is 12.1. The zero-order chi connectivity index (χ0) is 45.1. The molecule has 0 unspecified atom stereocenters. The van der Waals surface area contributed by atoms with Crippen molar-refractivity contribution in [2.45, 2.75) is 91.9 Å². The third-order valence-corrected chi connectivity index (χ3v) is 12.3. The van der Waals surface area contributed by atoms with Crippen molar-refractivity contribution in [1.82, 2.24) is 15.0 Å². The van der Waals surface area contributed by atoms with E-state index in [1.54, 1.807) is 0 Å². The van der Waals surface area contributed by atoms with Crippen molar-refractivity contribution in [3.63, 3.8) is 0 Å².